The van der Waals surface area contributed by atoms with Crippen molar-refractivity contribution in [3.05, 3.63) is 51.2 Å². The van der Waals surface area contributed by atoms with Crippen LogP contribution in [0.4, 0.5) is 0 Å². The van der Waals surface area contributed by atoms with Crippen LogP contribution in [0.15, 0.2) is 29.6 Å². The minimum absolute atomic E-state index is 0.0398. The molecule has 0 atom stereocenters. The first-order valence-electron chi connectivity index (χ1n) is 8.51. The van der Waals surface area contributed by atoms with E-state index in [9.17, 15) is 14.7 Å². The molecule has 0 radical (unpaired) electrons. The van der Waals surface area contributed by atoms with E-state index in [4.69, 9.17) is 0 Å². The van der Waals surface area contributed by atoms with E-state index in [1.165, 1.54) is 16.5 Å². The maximum atomic E-state index is 12.3. The number of nitrogens with one attached hydrogen (secondary N) is 1. The van der Waals surface area contributed by atoms with Gasteiger partial charge in [0.1, 0.15) is 5.75 Å². The van der Waals surface area contributed by atoms with Crippen LogP contribution in [-0.2, 0) is 24.2 Å². The quantitative estimate of drug-likeness (QED) is 0.863. The molecule has 2 aromatic rings. The third kappa shape index (κ3) is 4.02. The molecule has 0 aliphatic carbocycles. The Kier molecular flexibility index (Phi) is 5.38. The van der Waals surface area contributed by atoms with E-state index in [2.05, 4.69) is 16.8 Å². The molecule has 0 saturated heterocycles. The van der Waals surface area contributed by atoms with Gasteiger partial charge in [0.05, 0.1) is 5.56 Å². The van der Waals surface area contributed by atoms with E-state index in [1.807, 2.05) is 11.8 Å². The van der Waals surface area contributed by atoms with Crippen LogP contribution in [0.25, 0.3) is 0 Å². The monoisotopic (exact) mass is 358 g/mol. The van der Waals surface area contributed by atoms with E-state index < -0.39 is 0 Å². The summed E-state index contributed by atoms with van der Waals surface area (Å²) in [5, 5.41) is 14.6. The molecule has 1 aliphatic rings. The molecule has 5 nitrogen and oxygen atoms in total. The Bertz CT molecular complexity index is 785. The van der Waals surface area contributed by atoms with Crippen LogP contribution in [0.1, 0.15) is 39.7 Å². The minimum atomic E-state index is -0.348. The van der Waals surface area contributed by atoms with Crippen molar-refractivity contribution >= 4 is 23.2 Å². The smallest absolute Gasteiger partial charge is 0.255 e. The molecule has 1 aliphatic heterocycles. The average Bonchev–Trinajstić information content (AvgIpc) is 3.09. The Hall–Kier alpha value is -2.34. The maximum Gasteiger partial charge on any atom is 0.255 e. The second-order valence-corrected chi connectivity index (χ2v) is 7.15. The van der Waals surface area contributed by atoms with E-state index in [0.717, 1.165) is 24.9 Å². The standard InChI is InChI=1S/C19H22N2O3S/c1-2-13-3-4-16(22)15(11-13)19(24)20-8-5-18(23)21-9-6-17-14(12-21)7-10-25-17/h3-4,7,10-11,22H,2,5-6,8-9,12H2,1H3,(H,20,24). The Morgan fingerprint density at radius 2 is 2.16 bits per heavy atom. The first-order chi connectivity index (χ1) is 12.1. The molecule has 2 heterocycles. The number of aromatic hydroxyl groups is 1. The Balaban J connectivity index is 1.51. The number of rotatable bonds is 5. The number of fused-ring (bicyclic) bond motifs is 1. The van der Waals surface area contributed by atoms with Gasteiger partial charge >= 0.3 is 0 Å². The van der Waals surface area contributed by atoms with Gasteiger partial charge in [-0.3, -0.25) is 9.59 Å². The zero-order valence-corrected chi connectivity index (χ0v) is 15.1. The molecule has 0 spiro atoms. The molecule has 3 rings (SSSR count). The van der Waals surface area contributed by atoms with Crippen molar-refractivity contribution in [1.82, 2.24) is 10.2 Å². The number of thiophene rings is 1. The number of phenolic OH excluding ortho intramolecular Hbond substituents is 1. The first-order valence-corrected chi connectivity index (χ1v) is 9.39. The molecule has 132 valence electrons. The van der Waals surface area contributed by atoms with Gasteiger partial charge in [0.2, 0.25) is 5.91 Å². The Labute approximate surface area is 151 Å². The average molecular weight is 358 g/mol. The predicted octanol–water partition coefficient (Wildman–Crippen LogP) is 2.72. The maximum absolute atomic E-state index is 12.3. The van der Waals surface area contributed by atoms with E-state index in [-0.39, 0.29) is 36.1 Å². The van der Waals surface area contributed by atoms with Crippen molar-refractivity contribution in [3.8, 4) is 5.75 Å². The number of hydrogen-bond acceptors (Lipinski definition) is 4. The van der Waals surface area contributed by atoms with E-state index >= 15 is 0 Å². The van der Waals surface area contributed by atoms with E-state index in [1.54, 1.807) is 23.5 Å². The molecule has 1 aromatic heterocycles. The summed E-state index contributed by atoms with van der Waals surface area (Å²) in [6, 6.07) is 7.09. The molecule has 2 amide bonds. The van der Waals surface area contributed by atoms with Crippen LogP contribution in [0.3, 0.4) is 0 Å². The minimum Gasteiger partial charge on any atom is -0.507 e. The van der Waals surface area contributed by atoms with Crippen molar-refractivity contribution in [2.24, 2.45) is 0 Å². The molecule has 0 fully saturated rings. The van der Waals surface area contributed by atoms with Crippen molar-refractivity contribution in [2.45, 2.75) is 32.7 Å². The molecule has 0 bridgehead atoms. The summed E-state index contributed by atoms with van der Waals surface area (Å²) < 4.78 is 0. The molecular formula is C19H22N2O3S. The number of carbonyl (C=O) groups excluding carboxylic acids is 2. The Morgan fingerprint density at radius 1 is 1.32 bits per heavy atom. The highest BCUT2D eigenvalue weighted by atomic mass is 32.1. The normalized spacial score (nSPS) is 13.4. The molecule has 6 heteroatoms. The Morgan fingerprint density at radius 3 is 2.96 bits per heavy atom. The third-order valence-corrected chi connectivity index (χ3v) is 5.52. The molecular weight excluding hydrogens is 336 g/mol. The third-order valence-electron chi connectivity index (χ3n) is 4.50. The molecule has 0 saturated carbocycles. The van der Waals surface area contributed by atoms with Gasteiger partial charge in [-0.2, -0.15) is 0 Å². The van der Waals surface area contributed by atoms with Gasteiger partial charge in [-0.05, 0) is 47.5 Å². The summed E-state index contributed by atoms with van der Waals surface area (Å²) in [5.74, 6) is -0.343. The van der Waals surface area contributed by atoms with Gasteiger partial charge in [0.15, 0.2) is 0 Å². The number of aryl methyl sites for hydroxylation is 1. The van der Waals surface area contributed by atoms with Gasteiger partial charge in [0.25, 0.3) is 5.91 Å². The number of nitrogens with zero attached hydrogens (tertiary/aromatic N) is 1. The zero-order chi connectivity index (χ0) is 17.8. The summed E-state index contributed by atoms with van der Waals surface area (Å²) in [4.78, 5) is 27.8. The summed E-state index contributed by atoms with van der Waals surface area (Å²) in [7, 11) is 0. The SMILES string of the molecule is CCc1ccc(O)c(C(=O)NCCC(=O)N2CCc3sccc3C2)c1. The van der Waals surface area contributed by atoms with E-state index in [0.29, 0.717) is 6.54 Å². The van der Waals surface area contributed by atoms with Gasteiger partial charge in [-0.25, -0.2) is 0 Å². The fourth-order valence-electron chi connectivity index (χ4n) is 2.98. The van der Waals surface area contributed by atoms with Crippen molar-refractivity contribution in [1.29, 1.82) is 0 Å². The highest BCUT2D eigenvalue weighted by Crippen LogP contribution is 2.24. The largest absolute Gasteiger partial charge is 0.507 e. The van der Waals surface area contributed by atoms with Crippen LogP contribution < -0.4 is 5.32 Å². The number of benzene rings is 1. The lowest BCUT2D eigenvalue weighted by molar-refractivity contribution is -0.131. The van der Waals surface area contributed by atoms with Crippen LogP contribution >= 0.6 is 11.3 Å². The lowest BCUT2D eigenvalue weighted by Crippen LogP contribution is -2.37. The number of carbonyl (C=O) groups is 2. The highest BCUT2D eigenvalue weighted by Gasteiger charge is 2.21. The summed E-state index contributed by atoms with van der Waals surface area (Å²) in [5.41, 5.74) is 2.47. The van der Waals surface area contributed by atoms with Gasteiger partial charge in [-0.15, -0.1) is 11.3 Å². The zero-order valence-electron chi connectivity index (χ0n) is 14.2. The highest BCUT2D eigenvalue weighted by molar-refractivity contribution is 7.10. The fourth-order valence-corrected chi connectivity index (χ4v) is 3.87. The van der Waals surface area contributed by atoms with Crippen molar-refractivity contribution in [3.63, 3.8) is 0 Å². The second-order valence-electron chi connectivity index (χ2n) is 6.15. The van der Waals surface area contributed by atoms with Crippen LogP contribution in [-0.4, -0.2) is 34.9 Å². The summed E-state index contributed by atoms with van der Waals surface area (Å²) in [6.07, 6.45) is 1.96. The summed E-state index contributed by atoms with van der Waals surface area (Å²) >= 11 is 1.74. The summed E-state index contributed by atoms with van der Waals surface area (Å²) in [6.45, 7) is 3.65. The van der Waals surface area contributed by atoms with Gasteiger partial charge in [-0.1, -0.05) is 13.0 Å². The topological polar surface area (TPSA) is 69.6 Å². The lowest BCUT2D eigenvalue weighted by atomic mass is 10.1. The number of hydrogen-bond donors (Lipinski definition) is 2. The lowest BCUT2D eigenvalue weighted by Gasteiger charge is -2.27. The molecule has 1 aromatic carbocycles. The second kappa shape index (κ2) is 7.70. The van der Waals surface area contributed by atoms with Crippen LogP contribution in [0.5, 0.6) is 5.75 Å². The molecule has 0 unspecified atom stereocenters. The molecule has 25 heavy (non-hydrogen) atoms. The van der Waals surface area contributed by atoms with Crippen molar-refractivity contribution < 1.29 is 14.7 Å². The van der Waals surface area contributed by atoms with Gasteiger partial charge in [0, 0.05) is 30.9 Å². The van der Waals surface area contributed by atoms with Gasteiger partial charge < -0.3 is 15.3 Å². The first kappa shape index (κ1) is 17.5. The van der Waals surface area contributed by atoms with Crippen LogP contribution in [0.2, 0.25) is 0 Å². The predicted molar refractivity (Wildman–Crippen MR) is 97.9 cm³/mol. The number of phenols is 1. The number of amides is 2. The van der Waals surface area contributed by atoms with Crippen LogP contribution in [0, 0.1) is 0 Å². The van der Waals surface area contributed by atoms with Crippen molar-refractivity contribution in [2.75, 3.05) is 13.1 Å². The molecule has 2 N–H and O–H groups in total. The fraction of sp³-hybridized carbons (Fsp3) is 0.368.